The maximum absolute atomic E-state index is 12.9. The van der Waals surface area contributed by atoms with Crippen LogP contribution in [0.3, 0.4) is 0 Å². The third-order valence-corrected chi connectivity index (χ3v) is 5.75. The van der Waals surface area contributed by atoms with E-state index in [-0.39, 0.29) is 18.2 Å². The summed E-state index contributed by atoms with van der Waals surface area (Å²) in [6.45, 7) is 16.0. The van der Waals surface area contributed by atoms with Gasteiger partial charge in [0.25, 0.3) is 5.82 Å². The molecule has 3 heterocycles. The third kappa shape index (κ3) is 5.26. The van der Waals surface area contributed by atoms with E-state index < -0.39 is 5.60 Å². The van der Waals surface area contributed by atoms with Crippen molar-refractivity contribution < 1.29 is 14.3 Å². The van der Waals surface area contributed by atoms with Crippen LogP contribution in [0.25, 0.3) is 4.85 Å². The van der Waals surface area contributed by atoms with Gasteiger partial charge in [-0.3, -0.25) is 4.90 Å². The summed E-state index contributed by atoms with van der Waals surface area (Å²) in [5.74, 6) is 0.383. The molecule has 1 saturated heterocycles. The van der Waals surface area contributed by atoms with Crippen LogP contribution in [0.4, 0.5) is 10.6 Å². The summed E-state index contributed by atoms with van der Waals surface area (Å²) in [6, 6.07) is 13.9. The molecule has 0 radical (unpaired) electrons. The molecule has 4 rings (SSSR count). The molecule has 1 amide bonds. The number of hydrogen-bond acceptors (Lipinski definition) is 5. The van der Waals surface area contributed by atoms with Crippen molar-refractivity contribution in [1.29, 1.82) is 0 Å². The molecule has 7 nitrogen and oxygen atoms in total. The minimum atomic E-state index is -0.557. The van der Waals surface area contributed by atoms with E-state index in [1.54, 1.807) is 11.0 Å². The summed E-state index contributed by atoms with van der Waals surface area (Å²) < 4.78 is 11.7. The Morgan fingerprint density at radius 2 is 2.00 bits per heavy atom. The third-order valence-electron chi connectivity index (χ3n) is 5.75. The number of nitrogens with zero attached hydrogens (tertiary/aromatic N) is 4. The van der Waals surface area contributed by atoms with E-state index in [1.807, 2.05) is 45.0 Å². The molecule has 1 aromatic carbocycles. The van der Waals surface area contributed by atoms with Crippen molar-refractivity contribution in [1.82, 2.24) is 14.8 Å². The van der Waals surface area contributed by atoms with Crippen molar-refractivity contribution in [2.75, 3.05) is 26.2 Å². The molecule has 1 fully saturated rings. The van der Waals surface area contributed by atoms with Crippen molar-refractivity contribution in [2.45, 2.75) is 51.5 Å². The van der Waals surface area contributed by atoms with Gasteiger partial charge in [0.1, 0.15) is 5.60 Å². The highest BCUT2D eigenvalue weighted by Gasteiger charge is 2.39. The van der Waals surface area contributed by atoms with Crippen molar-refractivity contribution in [3.63, 3.8) is 0 Å². The molecule has 2 atom stereocenters. The van der Waals surface area contributed by atoms with Gasteiger partial charge in [0.2, 0.25) is 0 Å². The first kappa shape index (κ1) is 22.3. The molecule has 2 aromatic rings. The molecule has 2 aliphatic heterocycles. The number of fused-ring (bicyclic) bond motifs is 1. The maximum Gasteiger partial charge on any atom is 0.410 e. The summed E-state index contributed by atoms with van der Waals surface area (Å²) >= 11 is 0. The molecule has 7 heteroatoms. The molecule has 1 aromatic heterocycles. The van der Waals surface area contributed by atoms with Gasteiger partial charge < -0.3 is 19.2 Å². The zero-order valence-electron chi connectivity index (χ0n) is 19.0. The van der Waals surface area contributed by atoms with E-state index in [4.69, 9.17) is 16.0 Å². The van der Waals surface area contributed by atoms with Crippen molar-refractivity contribution in [2.24, 2.45) is 0 Å². The molecule has 0 spiro atoms. The molecule has 0 aliphatic carbocycles. The fraction of sp³-hybridized carbons (Fsp3) is 0.480. The minimum Gasteiger partial charge on any atom is -0.444 e. The largest absolute Gasteiger partial charge is 0.444 e. The zero-order chi connectivity index (χ0) is 22.7. The number of ether oxygens (including phenoxy) is 2. The molecule has 2 unspecified atom stereocenters. The number of aromatic nitrogens is 1. The number of morpholine rings is 1. The lowest BCUT2D eigenvalue weighted by Crippen LogP contribution is -2.51. The van der Waals surface area contributed by atoms with Crippen LogP contribution >= 0.6 is 0 Å². The predicted molar refractivity (Wildman–Crippen MR) is 121 cm³/mol. The van der Waals surface area contributed by atoms with Gasteiger partial charge in [-0.25, -0.2) is 4.79 Å². The van der Waals surface area contributed by atoms with E-state index in [1.165, 1.54) is 5.56 Å². The van der Waals surface area contributed by atoms with E-state index in [9.17, 15) is 4.79 Å². The lowest BCUT2D eigenvalue weighted by atomic mass is 9.98. The van der Waals surface area contributed by atoms with E-state index >= 15 is 0 Å². The zero-order valence-corrected chi connectivity index (χ0v) is 19.0. The normalized spacial score (nSPS) is 21.5. The highest BCUT2D eigenvalue weighted by Crippen LogP contribution is 2.33. The van der Waals surface area contributed by atoms with Gasteiger partial charge in [-0.1, -0.05) is 43.0 Å². The second-order valence-electron chi connectivity index (χ2n) is 9.38. The van der Waals surface area contributed by atoms with Gasteiger partial charge in [0.05, 0.1) is 25.3 Å². The fourth-order valence-corrected chi connectivity index (χ4v) is 4.32. The highest BCUT2D eigenvalue weighted by molar-refractivity contribution is 5.69. The van der Waals surface area contributed by atoms with Crippen LogP contribution in [0, 0.1) is 6.57 Å². The molecular weight excluding hydrogens is 404 g/mol. The second kappa shape index (κ2) is 9.27. The van der Waals surface area contributed by atoms with Crippen LogP contribution in [0.2, 0.25) is 0 Å². The Hall–Kier alpha value is -2.95. The quantitative estimate of drug-likeness (QED) is 0.672. The number of carbonyl (C=O) groups is 1. The molecule has 0 bridgehead atoms. The lowest BCUT2D eigenvalue weighted by Gasteiger charge is -2.42. The predicted octanol–water partition coefficient (Wildman–Crippen LogP) is 4.37. The smallest absolute Gasteiger partial charge is 0.410 e. The maximum atomic E-state index is 12.9. The summed E-state index contributed by atoms with van der Waals surface area (Å²) in [6.07, 6.45) is 0.578. The Morgan fingerprint density at radius 3 is 2.72 bits per heavy atom. The summed E-state index contributed by atoms with van der Waals surface area (Å²) in [7, 11) is 0. The number of amides is 1. The van der Waals surface area contributed by atoms with Crippen molar-refractivity contribution in [3.8, 4) is 0 Å². The second-order valence-corrected chi connectivity index (χ2v) is 9.38. The van der Waals surface area contributed by atoms with Crippen LogP contribution in [0.1, 0.15) is 43.6 Å². The van der Waals surface area contributed by atoms with Crippen LogP contribution < -0.4 is 0 Å². The fourth-order valence-electron chi connectivity index (χ4n) is 4.32. The average Bonchev–Trinajstić information content (AvgIpc) is 2.77. The van der Waals surface area contributed by atoms with E-state index in [2.05, 4.69) is 26.9 Å². The van der Waals surface area contributed by atoms with Crippen molar-refractivity contribution in [3.05, 3.63) is 70.7 Å². The Balaban J connectivity index is 1.57. The first-order valence-electron chi connectivity index (χ1n) is 11.1. The van der Waals surface area contributed by atoms with Gasteiger partial charge in [-0.15, -0.1) is 4.98 Å². The molecule has 2 aliphatic rings. The standard InChI is InChI=1S/C25H30N4O3/c1-25(2,3)32-24(30)29-15-19-10-11-22(26-4)27-23(19)21(17-29)28-12-13-31-20(16-28)14-18-8-6-5-7-9-18/h5-11,20-21H,12-17H2,1-3H3. The minimum absolute atomic E-state index is 0.0653. The number of carbonyl (C=O) groups excluding carboxylic acids is 1. The highest BCUT2D eigenvalue weighted by atomic mass is 16.6. The summed E-state index contributed by atoms with van der Waals surface area (Å²) in [5.41, 5.74) is 2.54. The van der Waals surface area contributed by atoms with Crippen molar-refractivity contribution >= 4 is 11.9 Å². The SMILES string of the molecule is [C-]#[N+]c1ccc2c(n1)C(N1CCOC(Cc3ccccc3)C1)CN(C(=O)OC(C)(C)C)C2. The Morgan fingerprint density at radius 1 is 1.22 bits per heavy atom. The van der Waals surface area contributed by atoms with Crippen LogP contribution in [-0.2, 0) is 22.4 Å². The van der Waals surface area contributed by atoms with Crippen LogP contribution in [-0.4, -0.2) is 58.8 Å². The van der Waals surface area contributed by atoms with Gasteiger partial charge in [0, 0.05) is 25.2 Å². The topological polar surface area (TPSA) is 59.3 Å². The van der Waals surface area contributed by atoms with Gasteiger partial charge in [-0.05, 0) is 38.8 Å². The number of benzene rings is 1. The summed E-state index contributed by atoms with van der Waals surface area (Å²) in [5, 5.41) is 0. The van der Waals surface area contributed by atoms with Crippen LogP contribution in [0.15, 0.2) is 42.5 Å². The lowest BCUT2D eigenvalue weighted by molar-refractivity contribution is -0.0523. The number of hydrogen-bond donors (Lipinski definition) is 0. The monoisotopic (exact) mass is 434 g/mol. The molecule has 0 saturated carbocycles. The van der Waals surface area contributed by atoms with Crippen LogP contribution in [0.5, 0.6) is 0 Å². The Bertz CT molecular complexity index is 996. The molecular formula is C25H30N4O3. The molecule has 0 N–H and O–H groups in total. The average molecular weight is 435 g/mol. The first-order chi connectivity index (χ1) is 15.3. The number of rotatable bonds is 3. The number of pyridine rings is 1. The Kier molecular flexibility index (Phi) is 6.45. The summed E-state index contributed by atoms with van der Waals surface area (Å²) in [4.78, 5) is 25.1. The van der Waals surface area contributed by atoms with Gasteiger partial charge >= 0.3 is 6.09 Å². The molecule has 32 heavy (non-hydrogen) atoms. The van der Waals surface area contributed by atoms with Gasteiger partial charge in [-0.2, -0.15) is 0 Å². The van der Waals surface area contributed by atoms with Gasteiger partial charge in [0.15, 0.2) is 5.69 Å². The molecule has 168 valence electrons. The van der Waals surface area contributed by atoms with E-state index in [0.717, 1.165) is 30.8 Å². The Labute approximate surface area is 189 Å². The van der Waals surface area contributed by atoms with E-state index in [0.29, 0.717) is 25.5 Å². The first-order valence-corrected chi connectivity index (χ1v) is 11.1.